The van der Waals surface area contributed by atoms with Gasteiger partial charge in [0.2, 0.25) is 0 Å². The van der Waals surface area contributed by atoms with Crippen LogP contribution in [0.25, 0.3) is 0 Å². The molecule has 1 aliphatic heterocycles. The van der Waals surface area contributed by atoms with Crippen molar-refractivity contribution >= 4 is 12.4 Å². The molecule has 0 aliphatic carbocycles. The maximum atomic E-state index is 12.1. The summed E-state index contributed by atoms with van der Waals surface area (Å²) in [5, 5.41) is 0. The average Bonchev–Trinajstić information content (AvgIpc) is 2.58. The molecule has 1 aliphatic rings. The van der Waals surface area contributed by atoms with Gasteiger partial charge in [0.15, 0.2) is 11.5 Å². The molecule has 0 atom stereocenters. The number of nitrogens with zero attached hydrogens (tertiary/aromatic N) is 1. The normalized spacial score (nSPS) is 15.6. The summed E-state index contributed by atoms with van der Waals surface area (Å²) in [5.41, 5.74) is 0.0798. The van der Waals surface area contributed by atoms with Gasteiger partial charge < -0.3 is 19.1 Å². The molecule has 1 saturated heterocycles. The molecule has 0 saturated carbocycles. The standard InChI is InChI=1S/C19H27NO5/c1-19(2,3)25-18(22)20-9-7-14(8-10-20)13-24-16-6-5-15(12-21)11-17(16)23-4/h5-6,11-12,14H,7-10,13H2,1-4H3. The third-order valence-corrected chi connectivity index (χ3v) is 4.06. The van der Waals surface area contributed by atoms with Crippen LogP contribution in [0.5, 0.6) is 11.5 Å². The van der Waals surface area contributed by atoms with Crippen LogP contribution >= 0.6 is 0 Å². The number of piperidine rings is 1. The number of carbonyl (C=O) groups is 2. The molecule has 2 rings (SSSR count). The monoisotopic (exact) mass is 349 g/mol. The highest BCUT2D eigenvalue weighted by atomic mass is 16.6. The van der Waals surface area contributed by atoms with Crippen LogP contribution < -0.4 is 9.47 Å². The summed E-state index contributed by atoms with van der Waals surface area (Å²) < 4.78 is 16.5. The number of rotatable bonds is 5. The fourth-order valence-electron chi connectivity index (χ4n) is 2.69. The van der Waals surface area contributed by atoms with Crippen molar-refractivity contribution in [3.8, 4) is 11.5 Å². The second kappa shape index (κ2) is 8.23. The zero-order valence-corrected chi connectivity index (χ0v) is 15.4. The van der Waals surface area contributed by atoms with E-state index in [0.29, 0.717) is 42.7 Å². The van der Waals surface area contributed by atoms with Crippen LogP contribution in [0.3, 0.4) is 0 Å². The van der Waals surface area contributed by atoms with Crippen LogP contribution in [0.15, 0.2) is 18.2 Å². The Labute approximate surface area is 149 Å². The third-order valence-electron chi connectivity index (χ3n) is 4.06. The van der Waals surface area contributed by atoms with Crippen LogP contribution in [0, 0.1) is 5.92 Å². The number of hydrogen-bond acceptors (Lipinski definition) is 5. The number of carbonyl (C=O) groups excluding carboxylic acids is 2. The lowest BCUT2D eigenvalue weighted by Crippen LogP contribution is -2.42. The van der Waals surface area contributed by atoms with Gasteiger partial charge >= 0.3 is 6.09 Å². The molecule has 1 fully saturated rings. The summed E-state index contributed by atoms with van der Waals surface area (Å²) in [4.78, 5) is 24.6. The summed E-state index contributed by atoms with van der Waals surface area (Å²) in [6.45, 7) is 7.51. The van der Waals surface area contributed by atoms with Gasteiger partial charge in [-0.05, 0) is 57.7 Å². The molecule has 25 heavy (non-hydrogen) atoms. The molecule has 1 amide bonds. The van der Waals surface area contributed by atoms with Gasteiger partial charge in [0.05, 0.1) is 13.7 Å². The van der Waals surface area contributed by atoms with Gasteiger partial charge in [0.25, 0.3) is 0 Å². The number of amides is 1. The first-order valence-corrected chi connectivity index (χ1v) is 8.56. The maximum Gasteiger partial charge on any atom is 0.410 e. The molecule has 0 spiro atoms. The van der Waals surface area contributed by atoms with Gasteiger partial charge in [0, 0.05) is 18.7 Å². The van der Waals surface area contributed by atoms with Crippen molar-refractivity contribution in [3.63, 3.8) is 0 Å². The van der Waals surface area contributed by atoms with Gasteiger partial charge in [-0.25, -0.2) is 4.79 Å². The molecule has 1 aromatic carbocycles. The second-order valence-electron chi connectivity index (χ2n) is 7.25. The minimum Gasteiger partial charge on any atom is -0.493 e. The Morgan fingerprint density at radius 3 is 2.48 bits per heavy atom. The van der Waals surface area contributed by atoms with E-state index in [1.165, 1.54) is 0 Å². The van der Waals surface area contributed by atoms with Crippen molar-refractivity contribution in [3.05, 3.63) is 23.8 Å². The summed E-state index contributed by atoms with van der Waals surface area (Å²) in [7, 11) is 1.55. The first-order chi connectivity index (χ1) is 11.8. The van der Waals surface area contributed by atoms with Crippen molar-refractivity contribution in [2.24, 2.45) is 5.92 Å². The molecule has 138 valence electrons. The molecule has 0 N–H and O–H groups in total. The second-order valence-corrected chi connectivity index (χ2v) is 7.25. The molecule has 0 radical (unpaired) electrons. The highest BCUT2D eigenvalue weighted by molar-refractivity contribution is 5.76. The lowest BCUT2D eigenvalue weighted by Gasteiger charge is -2.33. The lowest BCUT2D eigenvalue weighted by atomic mass is 9.98. The molecule has 0 unspecified atom stereocenters. The van der Waals surface area contributed by atoms with E-state index in [1.807, 2.05) is 20.8 Å². The number of ether oxygens (including phenoxy) is 3. The van der Waals surface area contributed by atoms with Gasteiger partial charge in [-0.3, -0.25) is 4.79 Å². The maximum absolute atomic E-state index is 12.1. The lowest BCUT2D eigenvalue weighted by molar-refractivity contribution is 0.0164. The fraction of sp³-hybridized carbons (Fsp3) is 0.579. The Morgan fingerprint density at radius 1 is 1.24 bits per heavy atom. The Kier molecular flexibility index (Phi) is 6.28. The van der Waals surface area contributed by atoms with Gasteiger partial charge in [-0.15, -0.1) is 0 Å². The molecule has 1 heterocycles. The van der Waals surface area contributed by atoms with E-state index >= 15 is 0 Å². The Morgan fingerprint density at radius 2 is 1.92 bits per heavy atom. The van der Waals surface area contributed by atoms with Crippen molar-refractivity contribution in [1.82, 2.24) is 4.90 Å². The van der Waals surface area contributed by atoms with E-state index in [2.05, 4.69) is 0 Å². The predicted molar refractivity (Wildman–Crippen MR) is 94.4 cm³/mol. The van der Waals surface area contributed by atoms with Gasteiger partial charge in [0.1, 0.15) is 11.9 Å². The minimum atomic E-state index is -0.471. The first-order valence-electron chi connectivity index (χ1n) is 8.56. The number of benzene rings is 1. The average molecular weight is 349 g/mol. The summed E-state index contributed by atoms with van der Waals surface area (Å²) in [5.74, 6) is 1.55. The third kappa shape index (κ3) is 5.66. The van der Waals surface area contributed by atoms with Crippen molar-refractivity contribution < 1.29 is 23.8 Å². The number of methoxy groups -OCH3 is 1. The van der Waals surface area contributed by atoms with Gasteiger partial charge in [-0.1, -0.05) is 0 Å². The molecule has 6 nitrogen and oxygen atoms in total. The Bertz CT molecular complexity index is 600. The molecular weight excluding hydrogens is 322 g/mol. The van der Waals surface area contributed by atoms with E-state index in [-0.39, 0.29) is 6.09 Å². The topological polar surface area (TPSA) is 65.1 Å². The zero-order valence-electron chi connectivity index (χ0n) is 15.4. The Balaban J connectivity index is 1.83. The summed E-state index contributed by atoms with van der Waals surface area (Å²) in [6.07, 6.45) is 2.26. The van der Waals surface area contributed by atoms with Crippen molar-refractivity contribution in [2.75, 3.05) is 26.8 Å². The van der Waals surface area contributed by atoms with E-state index in [1.54, 1.807) is 30.2 Å². The highest BCUT2D eigenvalue weighted by Gasteiger charge is 2.27. The summed E-state index contributed by atoms with van der Waals surface area (Å²) >= 11 is 0. The van der Waals surface area contributed by atoms with Crippen molar-refractivity contribution in [2.45, 2.75) is 39.2 Å². The van der Waals surface area contributed by atoms with E-state index in [4.69, 9.17) is 14.2 Å². The minimum absolute atomic E-state index is 0.252. The zero-order chi connectivity index (χ0) is 18.4. The number of aldehydes is 1. The smallest absolute Gasteiger partial charge is 0.410 e. The molecule has 0 aromatic heterocycles. The van der Waals surface area contributed by atoms with Crippen molar-refractivity contribution in [1.29, 1.82) is 0 Å². The van der Waals surface area contributed by atoms with E-state index < -0.39 is 5.60 Å². The van der Waals surface area contributed by atoms with E-state index in [9.17, 15) is 9.59 Å². The first kappa shape index (κ1) is 19.1. The van der Waals surface area contributed by atoms with Crippen LogP contribution in [0.2, 0.25) is 0 Å². The molecule has 1 aromatic rings. The van der Waals surface area contributed by atoms with Crippen LogP contribution in [0.1, 0.15) is 44.0 Å². The number of hydrogen-bond donors (Lipinski definition) is 0. The van der Waals surface area contributed by atoms with Crippen LogP contribution in [-0.4, -0.2) is 49.7 Å². The quantitative estimate of drug-likeness (QED) is 0.761. The SMILES string of the molecule is COc1cc(C=O)ccc1OCC1CCN(C(=O)OC(C)(C)C)CC1. The fourth-order valence-corrected chi connectivity index (χ4v) is 2.69. The Hall–Kier alpha value is -2.24. The van der Waals surface area contributed by atoms with Crippen LogP contribution in [-0.2, 0) is 4.74 Å². The largest absolute Gasteiger partial charge is 0.493 e. The number of likely N-dealkylation sites (tertiary alicyclic amines) is 1. The van der Waals surface area contributed by atoms with E-state index in [0.717, 1.165) is 19.1 Å². The molecule has 0 bridgehead atoms. The predicted octanol–water partition coefficient (Wildman–Crippen LogP) is 3.53. The highest BCUT2D eigenvalue weighted by Crippen LogP contribution is 2.29. The molecule has 6 heteroatoms. The molecular formula is C19H27NO5. The summed E-state index contributed by atoms with van der Waals surface area (Å²) in [6, 6.07) is 5.11. The van der Waals surface area contributed by atoms with Gasteiger partial charge in [-0.2, -0.15) is 0 Å². The van der Waals surface area contributed by atoms with Crippen LogP contribution in [0.4, 0.5) is 4.79 Å².